The third-order valence-electron chi connectivity index (χ3n) is 4.20. The van der Waals surface area contributed by atoms with Crippen molar-refractivity contribution in [1.29, 1.82) is 0 Å². The van der Waals surface area contributed by atoms with Crippen molar-refractivity contribution in [2.45, 2.75) is 67.4 Å². The molecule has 6 nitrogen and oxygen atoms in total. The zero-order valence-corrected chi connectivity index (χ0v) is 20.0. The van der Waals surface area contributed by atoms with Gasteiger partial charge >= 0.3 is 0 Å². The molecule has 1 aromatic rings. The third-order valence-corrected chi connectivity index (χ3v) is 4.20. The Morgan fingerprint density at radius 2 is 1.93 bits per heavy atom. The Morgan fingerprint density at radius 3 is 2.34 bits per heavy atom. The first kappa shape index (κ1) is 29.3. The van der Waals surface area contributed by atoms with Gasteiger partial charge in [-0.3, -0.25) is 9.79 Å². The Balaban J connectivity index is 0. The monoisotopic (exact) mass is 409 g/mol. The van der Waals surface area contributed by atoms with E-state index in [1.165, 1.54) is 26.0 Å². The Labute approximate surface area is 178 Å². The summed E-state index contributed by atoms with van der Waals surface area (Å²) in [5.41, 5.74) is 2.34. The SMILES string of the molecule is CC.CCC(C)CCOC.CCN(C(C)=O)c1ccc(NC)c(N=CC(C)O)c1. The number of anilines is 2. The molecule has 2 unspecified atom stereocenters. The fraction of sp³-hybridized carbons (Fsp3) is 0.652. The third kappa shape index (κ3) is 13.0. The first-order valence-corrected chi connectivity index (χ1v) is 10.6. The summed E-state index contributed by atoms with van der Waals surface area (Å²) in [5, 5.41) is 12.3. The summed E-state index contributed by atoms with van der Waals surface area (Å²) >= 11 is 0. The second-order valence-corrected chi connectivity index (χ2v) is 6.53. The van der Waals surface area contributed by atoms with Crippen LogP contribution in [0.15, 0.2) is 23.2 Å². The van der Waals surface area contributed by atoms with Crippen LogP contribution in [-0.2, 0) is 9.53 Å². The van der Waals surface area contributed by atoms with Gasteiger partial charge in [0, 0.05) is 46.1 Å². The summed E-state index contributed by atoms with van der Waals surface area (Å²) in [7, 11) is 3.56. The highest BCUT2D eigenvalue weighted by Gasteiger charge is 2.11. The molecule has 0 spiro atoms. The lowest BCUT2D eigenvalue weighted by Gasteiger charge is -2.20. The number of nitrogens with one attached hydrogen (secondary N) is 1. The van der Waals surface area contributed by atoms with Gasteiger partial charge in [-0.15, -0.1) is 0 Å². The van der Waals surface area contributed by atoms with Gasteiger partial charge in [-0.05, 0) is 44.4 Å². The number of carbonyl (C=O) groups excluding carboxylic acids is 1. The molecule has 0 aliphatic carbocycles. The number of hydrogen-bond acceptors (Lipinski definition) is 5. The van der Waals surface area contributed by atoms with Gasteiger partial charge in [0.05, 0.1) is 17.5 Å². The van der Waals surface area contributed by atoms with Crippen LogP contribution in [0.1, 0.15) is 61.3 Å². The van der Waals surface area contributed by atoms with E-state index < -0.39 is 6.10 Å². The Hall–Kier alpha value is -1.92. The maximum Gasteiger partial charge on any atom is 0.223 e. The first-order valence-electron chi connectivity index (χ1n) is 10.6. The predicted molar refractivity (Wildman–Crippen MR) is 127 cm³/mol. The van der Waals surface area contributed by atoms with E-state index in [4.69, 9.17) is 4.74 Å². The summed E-state index contributed by atoms with van der Waals surface area (Å²) < 4.78 is 4.91. The molecule has 29 heavy (non-hydrogen) atoms. The highest BCUT2D eigenvalue weighted by molar-refractivity contribution is 5.93. The molecule has 0 aliphatic heterocycles. The first-order chi connectivity index (χ1) is 13.8. The summed E-state index contributed by atoms with van der Waals surface area (Å²) in [6.45, 7) is 15.1. The van der Waals surface area contributed by atoms with Gasteiger partial charge in [0.15, 0.2) is 0 Å². The zero-order chi connectivity index (χ0) is 22.8. The Bertz CT molecular complexity index is 574. The topological polar surface area (TPSA) is 74.2 Å². The van der Waals surface area contributed by atoms with Crippen LogP contribution < -0.4 is 10.2 Å². The zero-order valence-electron chi connectivity index (χ0n) is 20.0. The number of methoxy groups -OCH3 is 1. The van der Waals surface area contributed by atoms with Gasteiger partial charge in [0.2, 0.25) is 5.91 Å². The molecule has 2 atom stereocenters. The minimum atomic E-state index is -0.608. The van der Waals surface area contributed by atoms with Gasteiger partial charge in [-0.25, -0.2) is 0 Å². The molecule has 0 saturated carbocycles. The number of hydrogen-bond donors (Lipinski definition) is 2. The molecular weight excluding hydrogens is 366 g/mol. The normalized spacial score (nSPS) is 12.2. The second-order valence-electron chi connectivity index (χ2n) is 6.53. The van der Waals surface area contributed by atoms with Crippen molar-refractivity contribution in [3.63, 3.8) is 0 Å². The van der Waals surface area contributed by atoms with Crippen molar-refractivity contribution in [3.05, 3.63) is 18.2 Å². The van der Waals surface area contributed by atoms with E-state index in [1.807, 2.05) is 39.0 Å². The van der Waals surface area contributed by atoms with E-state index in [-0.39, 0.29) is 5.91 Å². The van der Waals surface area contributed by atoms with Crippen LogP contribution in [0.25, 0.3) is 0 Å². The minimum Gasteiger partial charge on any atom is -0.388 e. The molecule has 0 fully saturated rings. The maximum atomic E-state index is 11.5. The van der Waals surface area contributed by atoms with Crippen molar-refractivity contribution < 1.29 is 14.6 Å². The molecule has 1 amide bonds. The number of carbonyl (C=O) groups is 1. The fourth-order valence-corrected chi connectivity index (χ4v) is 2.30. The van der Waals surface area contributed by atoms with E-state index in [0.717, 1.165) is 23.9 Å². The van der Waals surface area contributed by atoms with Crippen LogP contribution >= 0.6 is 0 Å². The summed E-state index contributed by atoms with van der Waals surface area (Å²) in [4.78, 5) is 17.4. The number of aliphatic hydroxyl groups excluding tert-OH is 1. The average molecular weight is 410 g/mol. The highest BCUT2D eigenvalue weighted by Crippen LogP contribution is 2.30. The molecule has 0 saturated heterocycles. The van der Waals surface area contributed by atoms with Gasteiger partial charge in [0.25, 0.3) is 0 Å². The molecule has 0 radical (unpaired) electrons. The molecule has 2 N–H and O–H groups in total. The quantitative estimate of drug-likeness (QED) is 0.544. The molecule has 0 bridgehead atoms. The molecule has 6 heteroatoms. The molecular formula is C23H43N3O3. The van der Waals surface area contributed by atoms with Crippen LogP contribution in [0.2, 0.25) is 0 Å². The predicted octanol–water partition coefficient (Wildman–Crippen LogP) is 5.28. The Kier molecular flexibility index (Phi) is 18.3. The molecule has 0 aromatic heterocycles. The lowest BCUT2D eigenvalue weighted by Crippen LogP contribution is -2.27. The number of aliphatic imine (C=N–C) groups is 1. The summed E-state index contributed by atoms with van der Waals surface area (Å²) in [5.74, 6) is 0.820. The lowest BCUT2D eigenvalue weighted by molar-refractivity contribution is -0.116. The smallest absolute Gasteiger partial charge is 0.223 e. The maximum absolute atomic E-state index is 11.5. The van der Waals surface area contributed by atoms with Crippen molar-refractivity contribution >= 4 is 29.2 Å². The average Bonchev–Trinajstić information content (AvgIpc) is 2.72. The largest absolute Gasteiger partial charge is 0.388 e. The number of ether oxygens (including phenoxy) is 1. The number of rotatable bonds is 9. The lowest BCUT2D eigenvalue weighted by atomic mass is 10.1. The highest BCUT2D eigenvalue weighted by atomic mass is 16.5. The molecule has 1 aromatic carbocycles. The van der Waals surface area contributed by atoms with Crippen molar-refractivity contribution in [1.82, 2.24) is 0 Å². The van der Waals surface area contributed by atoms with Crippen LogP contribution in [0.4, 0.5) is 17.1 Å². The van der Waals surface area contributed by atoms with Crippen LogP contribution in [-0.4, -0.2) is 50.6 Å². The van der Waals surface area contributed by atoms with E-state index in [0.29, 0.717) is 12.2 Å². The van der Waals surface area contributed by atoms with E-state index in [2.05, 4.69) is 24.2 Å². The van der Waals surface area contributed by atoms with E-state index in [1.54, 1.807) is 26.0 Å². The van der Waals surface area contributed by atoms with Crippen LogP contribution in [0.3, 0.4) is 0 Å². The van der Waals surface area contributed by atoms with Crippen molar-refractivity contribution in [3.8, 4) is 0 Å². The molecule has 0 heterocycles. The van der Waals surface area contributed by atoms with Crippen molar-refractivity contribution in [2.75, 3.05) is 37.5 Å². The van der Waals surface area contributed by atoms with Gasteiger partial charge in [-0.1, -0.05) is 34.1 Å². The van der Waals surface area contributed by atoms with Crippen molar-refractivity contribution in [2.24, 2.45) is 10.9 Å². The Morgan fingerprint density at radius 1 is 1.31 bits per heavy atom. The van der Waals surface area contributed by atoms with Crippen LogP contribution in [0.5, 0.6) is 0 Å². The number of aliphatic hydroxyl groups is 1. The second kappa shape index (κ2) is 18.1. The fourth-order valence-electron chi connectivity index (χ4n) is 2.30. The van der Waals surface area contributed by atoms with Crippen LogP contribution in [0, 0.1) is 5.92 Å². The molecule has 168 valence electrons. The minimum absolute atomic E-state index is 0.00911. The number of amides is 1. The number of nitrogens with zero attached hydrogens (tertiary/aromatic N) is 2. The van der Waals surface area contributed by atoms with E-state index in [9.17, 15) is 9.90 Å². The molecule has 0 aliphatic rings. The standard InChI is InChI=1S/C14H21N3O2.C7H16O.C2H6/c1-5-17(11(3)19)12-6-7-13(15-4)14(8-12)16-9-10(2)18;1-4-7(2)5-6-8-3;1-2/h6-10,15,18H,5H2,1-4H3;7H,4-6H2,1-3H3;1-2H3. The summed E-state index contributed by atoms with van der Waals surface area (Å²) in [6.07, 6.45) is 3.32. The van der Waals surface area contributed by atoms with E-state index >= 15 is 0 Å². The van der Waals surface area contributed by atoms with Gasteiger partial charge in [0.1, 0.15) is 0 Å². The number of benzene rings is 1. The molecule has 1 rings (SSSR count). The summed E-state index contributed by atoms with van der Waals surface area (Å²) in [6, 6.07) is 5.57. The van der Waals surface area contributed by atoms with Gasteiger partial charge in [-0.2, -0.15) is 0 Å². The van der Waals surface area contributed by atoms with Gasteiger partial charge < -0.3 is 20.1 Å².